The summed E-state index contributed by atoms with van der Waals surface area (Å²) >= 11 is 0. The summed E-state index contributed by atoms with van der Waals surface area (Å²) in [4.78, 5) is 37.9. The van der Waals surface area contributed by atoms with Gasteiger partial charge in [0.1, 0.15) is 19.3 Å². The number of rotatable bonds is 62. The van der Waals surface area contributed by atoms with Gasteiger partial charge in [0, 0.05) is 12.8 Å². The normalized spacial score (nSPS) is 14.3. The lowest BCUT2D eigenvalue weighted by Crippen LogP contribution is -2.47. The number of allylic oxidation sites excluding steroid dienone is 19. The molecule has 488 valence electrons. The number of phosphoric ester groups is 1. The summed E-state index contributed by atoms with van der Waals surface area (Å²) < 4.78 is 30.8. The zero-order valence-corrected chi connectivity index (χ0v) is 56.7. The van der Waals surface area contributed by atoms with Crippen LogP contribution in [-0.4, -0.2) is 74.3 Å². The summed E-state index contributed by atoms with van der Waals surface area (Å²) in [6, 6.07) is -0.871. The Morgan fingerprint density at radius 1 is 0.424 bits per heavy atom. The third-order valence-electron chi connectivity index (χ3n) is 14.9. The molecule has 3 unspecified atom stereocenters. The summed E-state index contributed by atoms with van der Waals surface area (Å²) in [6.07, 6.45) is 89.1. The first-order valence-corrected chi connectivity index (χ1v) is 36.4. The number of unbranched alkanes of at least 4 members (excludes halogenated alkanes) is 28. The van der Waals surface area contributed by atoms with Crippen molar-refractivity contribution in [1.82, 2.24) is 5.32 Å². The van der Waals surface area contributed by atoms with E-state index in [0.717, 1.165) is 128 Å². The quantitative estimate of drug-likeness (QED) is 0.0205. The molecule has 0 fully saturated rings. The monoisotopic (exact) mass is 1200 g/mol. The predicted molar refractivity (Wildman–Crippen MR) is 369 cm³/mol. The second-order valence-electron chi connectivity index (χ2n) is 24.3. The minimum atomic E-state index is -4.47. The molecule has 3 atom stereocenters. The molecular formula is C75H132N2O7P+. The average Bonchev–Trinajstić information content (AvgIpc) is 3.52. The molecule has 0 aliphatic rings. The molecule has 2 N–H and O–H groups in total. The molecule has 0 spiro atoms. The lowest BCUT2D eigenvalue weighted by molar-refractivity contribution is -0.870. The second-order valence-corrected chi connectivity index (χ2v) is 25.8. The van der Waals surface area contributed by atoms with Crippen molar-refractivity contribution in [2.24, 2.45) is 0 Å². The highest BCUT2D eigenvalue weighted by Crippen LogP contribution is 2.43. The van der Waals surface area contributed by atoms with Crippen LogP contribution < -0.4 is 5.32 Å². The number of carbonyl (C=O) groups excluding carboxylic acids is 2. The fourth-order valence-electron chi connectivity index (χ4n) is 9.54. The number of quaternary nitrogens is 1. The molecule has 0 aromatic heterocycles. The molecule has 0 radical (unpaired) electrons. The first-order chi connectivity index (χ1) is 41.4. The van der Waals surface area contributed by atoms with E-state index in [-0.39, 0.29) is 31.5 Å². The number of hydrogen-bond acceptors (Lipinski definition) is 6. The number of phosphoric acid groups is 1. The topological polar surface area (TPSA) is 111 Å². The fraction of sp³-hybridized carbons (Fsp3) is 0.707. The van der Waals surface area contributed by atoms with Crippen LogP contribution in [0.5, 0.6) is 0 Å². The van der Waals surface area contributed by atoms with Gasteiger partial charge in [-0.3, -0.25) is 18.6 Å². The molecule has 0 aromatic rings. The van der Waals surface area contributed by atoms with E-state index in [9.17, 15) is 19.0 Å². The van der Waals surface area contributed by atoms with Gasteiger partial charge >= 0.3 is 13.8 Å². The molecular weight excluding hydrogens is 1070 g/mol. The first-order valence-electron chi connectivity index (χ1n) is 34.9. The molecule has 0 bridgehead atoms. The number of esters is 1. The molecule has 0 aromatic carbocycles. The maximum Gasteiger partial charge on any atom is 0.472 e. The van der Waals surface area contributed by atoms with Gasteiger partial charge in [0.25, 0.3) is 0 Å². The van der Waals surface area contributed by atoms with Gasteiger partial charge in [0.15, 0.2) is 0 Å². The number of hydrogen-bond donors (Lipinski definition) is 2. The van der Waals surface area contributed by atoms with Crippen molar-refractivity contribution in [3.63, 3.8) is 0 Å². The number of nitrogens with zero attached hydrogens (tertiary/aromatic N) is 1. The van der Waals surface area contributed by atoms with Gasteiger partial charge in [-0.2, -0.15) is 0 Å². The van der Waals surface area contributed by atoms with E-state index in [1.54, 1.807) is 0 Å². The molecule has 10 heteroatoms. The highest BCUT2D eigenvalue weighted by Gasteiger charge is 2.30. The van der Waals surface area contributed by atoms with E-state index >= 15 is 0 Å². The Labute approximate surface area is 524 Å². The largest absolute Gasteiger partial charge is 0.472 e. The van der Waals surface area contributed by atoms with Crippen LogP contribution in [0.1, 0.15) is 290 Å². The zero-order valence-electron chi connectivity index (χ0n) is 55.8. The minimum Gasteiger partial charge on any atom is -0.456 e. The first kappa shape index (κ1) is 81.4. The standard InChI is InChI=1S/C75H131N2O7P/c1-7-10-13-16-19-22-25-28-30-32-34-36-38-40-42-44-46-49-52-55-58-61-64-67-74(78)76-72(71-83-85(80,81)82-70-69-77(4,5)6)73(66-63-60-57-54-51-48-27-24-21-18-15-12-9-3)84-75(79)68-65-62-59-56-53-50-47-45-43-41-39-37-35-33-31-29-26-23-20-17-14-11-8-2/h11,14,19-20,22-23,28-31,34-37,41,43,47,50,63,66,72-73H,7-10,12-13,15-18,21,24-27,32-33,38-40,42,44-46,48-49,51-62,64-65,67-71H2,1-6H3,(H-,76,78,80,81)/p+1/b14-11-,22-19-,23-20-,30-28-,31-29-,36-34-,37-35-,43-41-,50-47-,66-63+. The second kappa shape index (κ2) is 63.4. The zero-order chi connectivity index (χ0) is 62.1. The van der Waals surface area contributed by atoms with E-state index in [4.69, 9.17) is 13.8 Å². The van der Waals surface area contributed by atoms with Crippen molar-refractivity contribution in [1.29, 1.82) is 0 Å². The Balaban J connectivity index is 5.22. The predicted octanol–water partition coefficient (Wildman–Crippen LogP) is 22.2. The lowest BCUT2D eigenvalue weighted by atomic mass is 10.0. The lowest BCUT2D eigenvalue weighted by Gasteiger charge is -2.27. The molecule has 0 heterocycles. The SMILES string of the molecule is CC/C=C\C/C=C\C/C=C\C/C=C\C/C=C\C/C=C\CCCCCCC(=O)OC(/C=C/CCCCCCCCCCCCC)C(COP(=O)(O)OCC[N+](C)(C)C)NC(=O)CCCCCCCCCCCC/C=C\C/C=C\C/C=C\CCCCC. The van der Waals surface area contributed by atoms with Crippen molar-refractivity contribution in [2.45, 2.75) is 303 Å². The molecule has 1 amide bonds. The fourth-order valence-corrected chi connectivity index (χ4v) is 10.3. The smallest absolute Gasteiger partial charge is 0.456 e. The van der Waals surface area contributed by atoms with E-state index in [1.807, 2.05) is 33.3 Å². The van der Waals surface area contributed by atoms with Crippen molar-refractivity contribution < 1.29 is 37.3 Å². The van der Waals surface area contributed by atoms with Crippen LogP contribution in [0.15, 0.2) is 122 Å². The van der Waals surface area contributed by atoms with Crippen molar-refractivity contribution >= 4 is 19.7 Å². The van der Waals surface area contributed by atoms with Crippen molar-refractivity contribution in [3.05, 3.63) is 122 Å². The third kappa shape index (κ3) is 64.7. The van der Waals surface area contributed by atoms with Gasteiger partial charge in [-0.25, -0.2) is 4.57 Å². The average molecular weight is 1200 g/mol. The molecule has 0 aliphatic carbocycles. The van der Waals surface area contributed by atoms with Crippen LogP contribution >= 0.6 is 7.82 Å². The highest BCUT2D eigenvalue weighted by molar-refractivity contribution is 7.47. The van der Waals surface area contributed by atoms with E-state index in [1.165, 1.54) is 122 Å². The third-order valence-corrected chi connectivity index (χ3v) is 15.9. The Morgan fingerprint density at radius 2 is 0.753 bits per heavy atom. The van der Waals surface area contributed by atoms with Gasteiger partial charge in [-0.15, -0.1) is 0 Å². The maximum atomic E-state index is 13.6. The van der Waals surface area contributed by atoms with Gasteiger partial charge in [-0.05, 0) is 122 Å². The van der Waals surface area contributed by atoms with Gasteiger partial charge in [-0.1, -0.05) is 277 Å². The number of ether oxygens (including phenoxy) is 1. The Morgan fingerprint density at radius 3 is 1.15 bits per heavy atom. The van der Waals surface area contributed by atoms with E-state index in [2.05, 4.69) is 135 Å². The Hall–Kier alpha value is -3.59. The highest BCUT2D eigenvalue weighted by atomic mass is 31.2. The van der Waals surface area contributed by atoms with Crippen LogP contribution in [-0.2, 0) is 27.9 Å². The van der Waals surface area contributed by atoms with Crippen molar-refractivity contribution in [2.75, 3.05) is 40.9 Å². The minimum absolute atomic E-state index is 0.0291. The summed E-state index contributed by atoms with van der Waals surface area (Å²) in [5, 5.41) is 3.06. The summed E-state index contributed by atoms with van der Waals surface area (Å²) in [6.45, 7) is 6.86. The molecule has 85 heavy (non-hydrogen) atoms. The van der Waals surface area contributed by atoms with E-state index < -0.39 is 20.0 Å². The van der Waals surface area contributed by atoms with E-state index in [0.29, 0.717) is 23.9 Å². The Kier molecular flexibility index (Phi) is 60.8. The number of amides is 1. The maximum absolute atomic E-state index is 13.6. The van der Waals surface area contributed by atoms with Crippen LogP contribution in [0.3, 0.4) is 0 Å². The number of nitrogens with one attached hydrogen (secondary N) is 1. The molecule has 0 rings (SSSR count). The number of likely N-dealkylation sites (N-methyl/N-ethyl adjacent to an activating group) is 1. The molecule has 0 saturated heterocycles. The molecule has 9 nitrogen and oxygen atoms in total. The van der Waals surface area contributed by atoms with Crippen LogP contribution in [0.4, 0.5) is 0 Å². The van der Waals surface area contributed by atoms with Gasteiger partial charge in [0.05, 0.1) is 33.8 Å². The van der Waals surface area contributed by atoms with Gasteiger partial charge < -0.3 is 19.4 Å². The van der Waals surface area contributed by atoms with Crippen LogP contribution in [0.25, 0.3) is 0 Å². The Bertz CT molecular complexity index is 1870. The summed E-state index contributed by atoms with van der Waals surface area (Å²) in [5.41, 5.74) is 0. The summed E-state index contributed by atoms with van der Waals surface area (Å²) in [5.74, 6) is -0.540. The van der Waals surface area contributed by atoms with Crippen molar-refractivity contribution in [3.8, 4) is 0 Å². The van der Waals surface area contributed by atoms with Crippen LogP contribution in [0, 0.1) is 0 Å². The molecule has 0 aliphatic heterocycles. The molecule has 0 saturated carbocycles. The van der Waals surface area contributed by atoms with Gasteiger partial charge in [0.2, 0.25) is 5.91 Å². The number of carbonyl (C=O) groups is 2. The van der Waals surface area contributed by atoms with Crippen LogP contribution in [0.2, 0.25) is 0 Å². The summed E-state index contributed by atoms with van der Waals surface area (Å²) in [7, 11) is 1.47.